The molecular weight excluding hydrogens is 362 g/mol. The van der Waals surface area contributed by atoms with E-state index in [1.54, 1.807) is 23.2 Å². The van der Waals surface area contributed by atoms with Gasteiger partial charge in [0.1, 0.15) is 17.7 Å². The molecule has 2 heterocycles. The predicted octanol–water partition coefficient (Wildman–Crippen LogP) is 4.90. The summed E-state index contributed by atoms with van der Waals surface area (Å²) in [6, 6.07) is 18.7. The molecule has 27 heavy (non-hydrogen) atoms. The van der Waals surface area contributed by atoms with Gasteiger partial charge in [0.15, 0.2) is 0 Å². The summed E-state index contributed by atoms with van der Waals surface area (Å²) in [6.45, 7) is 2.50. The number of hydrogen-bond acceptors (Lipinski definition) is 4. The van der Waals surface area contributed by atoms with Gasteiger partial charge in [-0.2, -0.15) is 0 Å². The zero-order valence-electron chi connectivity index (χ0n) is 14.7. The minimum absolute atomic E-state index is 0.105. The van der Waals surface area contributed by atoms with Crippen LogP contribution in [0.3, 0.4) is 0 Å². The SMILES string of the molecule is CCOc1ccccc1N[C@H]1c2ccccc2C(=O)N1c1ccc(Cl)cn1. The summed E-state index contributed by atoms with van der Waals surface area (Å²) >= 11 is 5.97. The van der Waals surface area contributed by atoms with Gasteiger partial charge >= 0.3 is 0 Å². The van der Waals surface area contributed by atoms with E-state index in [-0.39, 0.29) is 5.91 Å². The van der Waals surface area contributed by atoms with Crippen molar-refractivity contribution in [1.29, 1.82) is 0 Å². The fraction of sp³-hybridized carbons (Fsp3) is 0.143. The molecule has 1 aliphatic heterocycles. The Balaban J connectivity index is 1.77. The molecule has 3 aromatic rings. The number of rotatable bonds is 5. The van der Waals surface area contributed by atoms with Crippen molar-refractivity contribution < 1.29 is 9.53 Å². The van der Waals surface area contributed by atoms with Crippen molar-refractivity contribution >= 4 is 29.0 Å². The molecule has 1 N–H and O–H groups in total. The first-order valence-electron chi connectivity index (χ1n) is 8.71. The number of hydrogen-bond donors (Lipinski definition) is 1. The maximum atomic E-state index is 13.1. The average Bonchev–Trinajstić information content (AvgIpc) is 2.97. The van der Waals surface area contributed by atoms with Gasteiger partial charge in [-0.05, 0) is 37.3 Å². The molecule has 0 spiro atoms. The number of amides is 1. The van der Waals surface area contributed by atoms with E-state index in [0.29, 0.717) is 23.0 Å². The molecule has 1 aliphatic rings. The van der Waals surface area contributed by atoms with E-state index in [4.69, 9.17) is 16.3 Å². The van der Waals surface area contributed by atoms with E-state index in [2.05, 4.69) is 10.3 Å². The highest BCUT2D eigenvalue weighted by molar-refractivity contribution is 6.30. The lowest BCUT2D eigenvalue weighted by atomic mass is 10.1. The number of benzene rings is 2. The molecule has 1 aromatic heterocycles. The number of fused-ring (bicyclic) bond motifs is 1. The van der Waals surface area contributed by atoms with E-state index < -0.39 is 6.17 Å². The van der Waals surface area contributed by atoms with Crippen LogP contribution in [0.1, 0.15) is 29.0 Å². The van der Waals surface area contributed by atoms with Gasteiger partial charge in [0.25, 0.3) is 5.91 Å². The molecule has 0 bridgehead atoms. The summed E-state index contributed by atoms with van der Waals surface area (Å²) in [5.41, 5.74) is 2.36. The molecule has 0 unspecified atom stereocenters. The molecule has 0 radical (unpaired) electrons. The normalized spacial score (nSPS) is 15.6. The molecule has 136 valence electrons. The Morgan fingerprint density at radius 1 is 1.11 bits per heavy atom. The molecule has 1 atom stereocenters. The van der Waals surface area contributed by atoms with Crippen LogP contribution in [0, 0.1) is 0 Å². The zero-order valence-corrected chi connectivity index (χ0v) is 15.5. The van der Waals surface area contributed by atoms with Crippen LogP contribution >= 0.6 is 11.6 Å². The molecule has 6 heteroatoms. The van der Waals surface area contributed by atoms with Crippen molar-refractivity contribution in [3.05, 3.63) is 83.0 Å². The fourth-order valence-corrected chi connectivity index (χ4v) is 3.33. The van der Waals surface area contributed by atoms with Crippen LogP contribution in [0.4, 0.5) is 11.5 Å². The highest BCUT2D eigenvalue weighted by atomic mass is 35.5. The largest absolute Gasteiger partial charge is 0.492 e. The Kier molecular flexibility index (Phi) is 4.69. The van der Waals surface area contributed by atoms with Gasteiger partial charge in [-0.1, -0.05) is 41.9 Å². The zero-order chi connectivity index (χ0) is 18.8. The topological polar surface area (TPSA) is 54.5 Å². The standard InChI is InChI=1S/C21H18ClN3O2/c1-2-27-18-10-6-5-9-17(18)24-20-15-7-3-4-8-16(15)21(26)25(20)19-12-11-14(22)13-23-19/h3-13,20,24H,2H2,1H3/t20-/m1/s1. The molecule has 5 nitrogen and oxygen atoms in total. The lowest BCUT2D eigenvalue weighted by Crippen LogP contribution is -2.33. The molecule has 4 rings (SSSR count). The Morgan fingerprint density at radius 3 is 2.67 bits per heavy atom. The number of halogens is 1. The van der Waals surface area contributed by atoms with Crippen molar-refractivity contribution in [1.82, 2.24) is 4.98 Å². The average molecular weight is 380 g/mol. The Hall–Kier alpha value is -3.05. The number of aromatic nitrogens is 1. The number of nitrogens with one attached hydrogen (secondary N) is 1. The quantitative estimate of drug-likeness (QED) is 0.684. The smallest absolute Gasteiger partial charge is 0.261 e. The third-order valence-corrected chi connectivity index (χ3v) is 4.62. The maximum absolute atomic E-state index is 13.1. The minimum atomic E-state index is -0.399. The van der Waals surface area contributed by atoms with E-state index in [9.17, 15) is 4.79 Å². The van der Waals surface area contributed by atoms with Crippen LogP contribution in [0.25, 0.3) is 0 Å². The summed E-state index contributed by atoms with van der Waals surface area (Å²) in [6.07, 6.45) is 1.14. The first kappa shape index (κ1) is 17.4. The van der Waals surface area contributed by atoms with Crippen molar-refractivity contribution in [2.45, 2.75) is 13.1 Å². The number of nitrogens with zero attached hydrogens (tertiary/aromatic N) is 2. The summed E-state index contributed by atoms with van der Waals surface area (Å²) in [5.74, 6) is 1.17. The van der Waals surface area contributed by atoms with Crippen LogP contribution in [0.5, 0.6) is 5.75 Å². The fourth-order valence-electron chi connectivity index (χ4n) is 3.22. The van der Waals surface area contributed by atoms with E-state index in [1.165, 1.54) is 0 Å². The Morgan fingerprint density at radius 2 is 1.89 bits per heavy atom. The van der Waals surface area contributed by atoms with Crippen LogP contribution in [-0.4, -0.2) is 17.5 Å². The molecule has 0 aliphatic carbocycles. The summed E-state index contributed by atoms with van der Waals surface area (Å²) in [7, 11) is 0. The maximum Gasteiger partial charge on any atom is 0.261 e. The van der Waals surface area contributed by atoms with Crippen LogP contribution in [-0.2, 0) is 0 Å². The van der Waals surface area contributed by atoms with Gasteiger partial charge in [-0.15, -0.1) is 0 Å². The number of carbonyl (C=O) groups is 1. The highest BCUT2D eigenvalue weighted by Gasteiger charge is 2.38. The van der Waals surface area contributed by atoms with E-state index in [0.717, 1.165) is 17.0 Å². The van der Waals surface area contributed by atoms with Gasteiger partial charge in [0.2, 0.25) is 0 Å². The molecule has 2 aromatic carbocycles. The van der Waals surface area contributed by atoms with Gasteiger partial charge in [-0.3, -0.25) is 9.69 Å². The van der Waals surface area contributed by atoms with Gasteiger partial charge < -0.3 is 10.1 Å². The Labute approximate surface area is 162 Å². The second kappa shape index (κ2) is 7.29. The third-order valence-electron chi connectivity index (χ3n) is 4.40. The first-order chi connectivity index (χ1) is 13.2. The van der Waals surface area contributed by atoms with Crippen molar-refractivity contribution in [3.63, 3.8) is 0 Å². The van der Waals surface area contributed by atoms with Crippen molar-refractivity contribution in [2.75, 3.05) is 16.8 Å². The number of carbonyl (C=O) groups excluding carboxylic acids is 1. The number of para-hydroxylation sites is 2. The van der Waals surface area contributed by atoms with Crippen molar-refractivity contribution in [2.24, 2.45) is 0 Å². The minimum Gasteiger partial charge on any atom is -0.492 e. The lowest BCUT2D eigenvalue weighted by molar-refractivity contribution is 0.0992. The molecule has 1 amide bonds. The first-order valence-corrected chi connectivity index (χ1v) is 9.09. The van der Waals surface area contributed by atoms with Gasteiger partial charge in [0, 0.05) is 17.3 Å². The summed E-state index contributed by atoms with van der Waals surface area (Å²) in [5, 5.41) is 3.97. The molecule has 0 saturated carbocycles. The summed E-state index contributed by atoms with van der Waals surface area (Å²) in [4.78, 5) is 19.1. The van der Waals surface area contributed by atoms with Gasteiger partial charge in [-0.25, -0.2) is 4.98 Å². The Bertz CT molecular complexity index is 975. The second-order valence-electron chi connectivity index (χ2n) is 6.07. The molecule has 0 fully saturated rings. The predicted molar refractivity (Wildman–Crippen MR) is 106 cm³/mol. The van der Waals surface area contributed by atoms with Crippen LogP contribution in [0.2, 0.25) is 5.02 Å². The van der Waals surface area contributed by atoms with E-state index in [1.807, 2.05) is 55.5 Å². The molecule has 0 saturated heterocycles. The van der Waals surface area contributed by atoms with Crippen LogP contribution < -0.4 is 15.0 Å². The number of anilines is 2. The third kappa shape index (κ3) is 3.22. The number of pyridine rings is 1. The number of ether oxygens (including phenoxy) is 1. The monoisotopic (exact) mass is 379 g/mol. The second-order valence-corrected chi connectivity index (χ2v) is 6.51. The van der Waals surface area contributed by atoms with Crippen molar-refractivity contribution in [3.8, 4) is 5.75 Å². The lowest BCUT2D eigenvalue weighted by Gasteiger charge is -2.27. The summed E-state index contributed by atoms with van der Waals surface area (Å²) < 4.78 is 5.72. The van der Waals surface area contributed by atoms with E-state index >= 15 is 0 Å². The van der Waals surface area contributed by atoms with Crippen LogP contribution in [0.15, 0.2) is 66.9 Å². The molecular formula is C21H18ClN3O2. The highest BCUT2D eigenvalue weighted by Crippen LogP contribution is 2.39. The van der Waals surface area contributed by atoms with Gasteiger partial charge in [0.05, 0.1) is 17.3 Å².